The molecule has 0 bridgehead atoms. The second kappa shape index (κ2) is 9.22. The summed E-state index contributed by atoms with van der Waals surface area (Å²) < 4.78 is 0. The summed E-state index contributed by atoms with van der Waals surface area (Å²) in [6.45, 7) is 7.66. The van der Waals surface area contributed by atoms with Gasteiger partial charge in [0.05, 0.1) is 12.6 Å². The fourth-order valence-electron chi connectivity index (χ4n) is 2.91. The van der Waals surface area contributed by atoms with Gasteiger partial charge in [-0.15, -0.1) is 0 Å². The van der Waals surface area contributed by atoms with Crippen LogP contribution in [0.2, 0.25) is 0 Å². The summed E-state index contributed by atoms with van der Waals surface area (Å²) in [5.74, 6) is 0.766. The van der Waals surface area contributed by atoms with Gasteiger partial charge < -0.3 is 10.6 Å². The van der Waals surface area contributed by atoms with Gasteiger partial charge >= 0.3 is 0 Å². The van der Waals surface area contributed by atoms with Gasteiger partial charge in [0.1, 0.15) is 0 Å². The molecule has 2 N–H and O–H groups in total. The van der Waals surface area contributed by atoms with Gasteiger partial charge in [-0.05, 0) is 19.8 Å². The summed E-state index contributed by atoms with van der Waals surface area (Å²) in [7, 11) is 0. The molecule has 2 unspecified atom stereocenters. The van der Waals surface area contributed by atoms with Crippen molar-refractivity contribution in [2.75, 3.05) is 6.54 Å². The molecule has 0 aliphatic carbocycles. The van der Waals surface area contributed by atoms with Gasteiger partial charge in [-0.2, -0.15) is 0 Å². The maximum Gasteiger partial charge on any atom is 0.191 e. The number of hydrogen-bond donors (Lipinski definition) is 1. The highest BCUT2D eigenvalue weighted by atomic mass is 15.3. The summed E-state index contributed by atoms with van der Waals surface area (Å²) >= 11 is 0. The molecule has 2 atom stereocenters. The van der Waals surface area contributed by atoms with Crippen molar-refractivity contribution in [2.24, 2.45) is 10.7 Å². The smallest absolute Gasteiger partial charge is 0.191 e. The minimum atomic E-state index is 0.529. The summed E-state index contributed by atoms with van der Waals surface area (Å²) in [4.78, 5) is 6.77. The van der Waals surface area contributed by atoms with Crippen LogP contribution in [-0.4, -0.2) is 29.5 Å². The van der Waals surface area contributed by atoms with Crippen LogP contribution in [0.4, 0.5) is 0 Å². The molecule has 1 rings (SSSR count). The lowest BCUT2D eigenvalue weighted by atomic mass is 10.0. The molecule has 0 spiro atoms. The van der Waals surface area contributed by atoms with Gasteiger partial charge in [0.15, 0.2) is 5.96 Å². The molecule has 3 nitrogen and oxygen atoms in total. The number of hydrogen-bond acceptors (Lipinski definition) is 3. The van der Waals surface area contributed by atoms with E-state index in [0.29, 0.717) is 12.1 Å². The van der Waals surface area contributed by atoms with Crippen LogP contribution in [0.15, 0.2) is 4.99 Å². The van der Waals surface area contributed by atoms with Crippen molar-refractivity contribution in [2.45, 2.75) is 90.6 Å². The Morgan fingerprint density at radius 1 is 1.16 bits per heavy atom. The van der Waals surface area contributed by atoms with E-state index in [9.17, 15) is 0 Å². The lowest BCUT2D eigenvalue weighted by Crippen LogP contribution is -2.46. The molecule has 1 heterocycles. The molecule has 1 aliphatic rings. The summed E-state index contributed by atoms with van der Waals surface area (Å²) in [5, 5.41) is 0. The van der Waals surface area contributed by atoms with Crippen molar-refractivity contribution in [3.63, 3.8) is 0 Å². The van der Waals surface area contributed by atoms with Gasteiger partial charge in [-0.3, -0.25) is 4.99 Å². The molecule has 3 heteroatoms. The third kappa shape index (κ3) is 5.42. The van der Waals surface area contributed by atoms with Gasteiger partial charge in [0, 0.05) is 6.04 Å². The lowest BCUT2D eigenvalue weighted by Gasteiger charge is -2.31. The first-order valence-electron chi connectivity index (χ1n) is 8.28. The summed E-state index contributed by atoms with van der Waals surface area (Å²) in [6, 6.07) is 1.09. The van der Waals surface area contributed by atoms with Crippen LogP contribution in [-0.2, 0) is 0 Å². The molecule has 0 saturated heterocycles. The number of nitrogens with zero attached hydrogens (tertiary/aromatic N) is 2. The molecule has 0 aromatic carbocycles. The molecule has 0 saturated carbocycles. The van der Waals surface area contributed by atoms with Crippen molar-refractivity contribution in [1.29, 1.82) is 0 Å². The van der Waals surface area contributed by atoms with E-state index < -0.39 is 0 Å². The molecule has 0 fully saturated rings. The van der Waals surface area contributed by atoms with Crippen molar-refractivity contribution in [3.8, 4) is 0 Å². The van der Waals surface area contributed by atoms with Crippen LogP contribution in [0, 0.1) is 0 Å². The first-order chi connectivity index (χ1) is 9.20. The predicted octanol–water partition coefficient (Wildman–Crippen LogP) is 3.92. The average molecular weight is 267 g/mol. The van der Waals surface area contributed by atoms with Crippen LogP contribution in [0.25, 0.3) is 0 Å². The number of guanidine groups is 1. The first-order valence-corrected chi connectivity index (χ1v) is 8.28. The fourth-order valence-corrected chi connectivity index (χ4v) is 2.91. The highest BCUT2D eigenvalue weighted by molar-refractivity contribution is 5.80. The van der Waals surface area contributed by atoms with Crippen LogP contribution in [0.3, 0.4) is 0 Å². The Balaban J connectivity index is 2.15. The van der Waals surface area contributed by atoms with Gasteiger partial charge in [0.2, 0.25) is 0 Å². The molecule has 112 valence electrons. The molecule has 0 radical (unpaired) electrons. The Morgan fingerprint density at radius 2 is 1.79 bits per heavy atom. The van der Waals surface area contributed by atoms with E-state index in [1.54, 1.807) is 0 Å². The predicted molar refractivity (Wildman–Crippen MR) is 84.5 cm³/mol. The van der Waals surface area contributed by atoms with Crippen molar-refractivity contribution in [1.82, 2.24) is 4.90 Å². The average Bonchev–Trinajstić information content (AvgIpc) is 2.78. The Hall–Kier alpha value is -0.730. The van der Waals surface area contributed by atoms with E-state index in [1.165, 1.54) is 51.4 Å². The Morgan fingerprint density at radius 3 is 2.42 bits per heavy atom. The highest BCUT2D eigenvalue weighted by Crippen LogP contribution is 2.20. The van der Waals surface area contributed by atoms with Crippen LogP contribution in [0.5, 0.6) is 0 Å². The monoisotopic (exact) mass is 267 g/mol. The standard InChI is InChI=1S/C16H33N3/c1-4-6-7-8-9-10-11-12-15-13-18-16(17)19(15)14(3)5-2/h14-15H,4-13H2,1-3H3,(H2,17,18). The zero-order valence-electron chi connectivity index (χ0n) is 13.2. The van der Waals surface area contributed by atoms with E-state index in [2.05, 4.69) is 30.7 Å². The van der Waals surface area contributed by atoms with Gasteiger partial charge in [0.25, 0.3) is 0 Å². The van der Waals surface area contributed by atoms with Crippen LogP contribution < -0.4 is 5.73 Å². The SMILES string of the molecule is CCCCCCCCCC1CN=C(N)N1C(C)CC. The number of nitrogens with two attached hydrogens (primary N) is 1. The third-order valence-corrected chi connectivity index (χ3v) is 4.33. The Labute approximate surface area is 119 Å². The molecular formula is C16H33N3. The maximum absolute atomic E-state index is 6.01. The van der Waals surface area contributed by atoms with Gasteiger partial charge in [-0.25, -0.2) is 0 Å². The van der Waals surface area contributed by atoms with Crippen molar-refractivity contribution >= 4 is 5.96 Å². The highest BCUT2D eigenvalue weighted by Gasteiger charge is 2.28. The van der Waals surface area contributed by atoms with Crippen LogP contribution >= 0.6 is 0 Å². The van der Waals surface area contributed by atoms with E-state index >= 15 is 0 Å². The third-order valence-electron chi connectivity index (χ3n) is 4.33. The maximum atomic E-state index is 6.01. The molecular weight excluding hydrogens is 234 g/mol. The van der Waals surface area contributed by atoms with Crippen molar-refractivity contribution < 1.29 is 0 Å². The number of aliphatic imine (C=N–C) groups is 1. The van der Waals surface area contributed by atoms with Crippen LogP contribution in [0.1, 0.15) is 78.6 Å². The largest absolute Gasteiger partial charge is 0.370 e. The fraction of sp³-hybridized carbons (Fsp3) is 0.938. The Bertz CT molecular complexity index is 263. The second-order valence-electron chi connectivity index (χ2n) is 5.93. The zero-order chi connectivity index (χ0) is 14.1. The quantitative estimate of drug-likeness (QED) is 0.609. The molecule has 0 aromatic rings. The molecule has 1 aliphatic heterocycles. The number of rotatable bonds is 10. The minimum Gasteiger partial charge on any atom is -0.370 e. The normalized spacial score (nSPS) is 20.7. The number of unbranched alkanes of at least 4 members (excludes halogenated alkanes) is 6. The van der Waals surface area contributed by atoms with Crippen molar-refractivity contribution in [3.05, 3.63) is 0 Å². The second-order valence-corrected chi connectivity index (χ2v) is 5.93. The van der Waals surface area contributed by atoms with E-state index in [-0.39, 0.29) is 0 Å². The topological polar surface area (TPSA) is 41.6 Å². The first kappa shape index (κ1) is 16.3. The minimum absolute atomic E-state index is 0.529. The zero-order valence-corrected chi connectivity index (χ0v) is 13.2. The summed E-state index contributed by atoms with van der Waals surface area (Å²) in [6.07, 6.45) is 12.0. The molecule has 0 aromatic heterocycles. The molecule has 0 amide bonds. The van der Waals surface area contributed by atoms with E-state index in [4.69, 9.17) is 5.73 Å². The van der Waals surface area contributed by atoms with E-state index in [1.807, 2.05) is 0 Å². The molecule has 19 heavy (non-hydrogen) atoms. The lowest BCUT2D eigenvalue weighted by molar-refractivity contribution is 0.249. The van der Waals surface area contributed by atoms with E-state index in [0.717, 1.165) is 18.9 Å². The Kier molecular flexibility index (Phi) is 7.92. The van der Waals surface area contributed by atoms with Gasteiger partial charge in [-0.1, -0.05) is 58.8 Å². The summed E-state index contributed by atoms with van der Waals surface area (Å²) in [5.41, 5.74) is 6.01.